The lowest BCUT2D eigenvalue weighted by Gasteiger charge is -2.07. The number of aromatic amines is 1. The number of H-pyrrole nitrogens is 1. The van der Waals surface area contributed by atoms with Gasteiger partial charge in [0.1, 0.15) is 0 Å². The highest BCUT2D eigenvalue weighted by Crippen LogP contribution is 2.09. The molecule has 2 rings (SSSR count). The minimum Gasteiger partial charge on any atom is -0.379 e. The number of ether oxygens (including phenoxy) is 1. The van der Waals surface area contributed by atoms with Crippen LogP contribution in [0.2, 0.25) is 0 Å². The number of nitrogens with zero attached hydrogens (tertiary/aromatic N) is 1. The second-order valence-corrected chi connectivity index (χ2v) is 4.37. The lowest BCUT2D eigenvalue weighted by atomic mass is 10.3. The number of imidazole rings is 1. The number of rotatable bonds is 5. The first-order valence-electron chi connectivity index (χ1n) is 5.97. The fraction of sp³-hybridized carbons (Fsp3) is 0.462. The number of aryl methyl sites for hydroxylation is 1. The topological polar surface area (TPSA) is 47.0 Å². The van der Waals surface area contributed by atoms with E-state index in [2.05, 4.69) is 4.98 Å². The summed E-state index contributed by atoms with van der Waals surface area (Å²) in [5.74, 6) is 0. The molecule has 0 saturated heterocycles. The minimum absolute atomic E-state index is 0.0456. The maximum absolute atomic E-state index is 11.7. The molecule has 1 aromatic heterocycles. The van der Waals surface area contributed by atoms with Crippen LogP contribution in [-0.4, -0.2) is 22.3 Å². The Hall–Kier alpha value is -1.55. The number of aromatic nitrogens is 2. The number of benzene rings is 1. The molecule has 0 aliphatic rings. The van der Waals surface area contributed by atoms with E-state index >= 15 is 0 Å². The summed E-state index contributed by atoms with van der Waals surface area (Å²) < 4.78 is 7.23. The predicted octanol–water partition coefficient (Wildman–Crippen LogP) is 2.14. The van der Waals surface area contributed by atoms with Crippen LogP contribution >= 0.6 is 0 Å². The molecule has 2 aromatic rings. The van der Waals surface area contributed by atoms with Crippen molar-refractivity contribution in [2.24, 2.45) is 0 Å². The Morgan fingerprint density at radius 2 is 2.12 bits per heavy atom. The van der Waals surface area contributed by atoms with Crippen LogP contribution in [0.1, 0.15) is 20.3 Å². The van der Waals surface area contributed by atoms with Crippen molar-refractivity contribution in [1.82, 2.24) is 9.55 Å². The first-order valence-corrected chi connectivity index (χ1v) is 5.97. The van der Waals surface area contributed by atoms with Crippen molar-refractivity contribution in [2.75, 3.05) is 6.61 Å². The smallest absolute Gasteiger partial charge is 0.326 e. The highest BCUT2D eigenvalue weighted by molar-refractivity contribution is 5.74. The van der Waals surface area contributed by atoms with E-state index in [1.807, 2.05) is 38.1 Å². The number of nitrogens with one attached hydrogen (secondary N) is 1. The van der Waals surface area contributed by atoms with Gasteiger partial charge in [-0.25, -0.2) is 4.79 Å². The Bertz CT molecular complexity index is 540. The molecular formula is C13H18N2O2. The normalized spacial score (nSPS) is 11.5. The van der Waals surface area contributed by atoms with Crippen molar-refractivity contribution in [3.05, 3.63) is 34.7 Å². The average Bonchev–Trinajstić information content (AvgIpc) is 2.60. The highest BCUT2D eigenvalue weighted by atomic mass is 16.5. The molecule has 0 bridgehead atoms. The molecule has 4 heteroatoms. The lowest BCUT2D eigenvalue weighted by molar-refractivity contribution is 0.0749. The third kappa shape index (κ3) is 2.77. The van der Waals surface area contributed by atoms with Gasteiger partial charge in [-0.3, -0.25) is 4.57 Å². The van der Waals surface area contributed by atoms with Crippen molar-refractivity contribution in [2.45, 2.75) is 32.9 Å². The molecule has 1 N–H and O–H groups in total. The van der Waals surface area contributed by atoms with E-state index < -0.39 is 0 Å². The SMILES string of the molecule is CC(C)OCCCn1c(=O)[nH]c2ccccc21. The summed E-state index contributed by atoms with van der Waals surface area (Å²) >= 11 is 0. The monoisotopic (exact) mass is 234 g/mol. The molecule has 1 heterocycles. The quantitative estimate of drug-likeness (QED) is 0.806. The standard InChI is InChI=1S/C13H18N2O2/c1-10(2)17-9-5-8-15-12-7-4-3-6-11(12)14-13(15)16/h3-4,6-7,10H,5,8-9H2,1-2H3,(H,14,16). The summed E-state index contributed by atoms with van der Waals surface area (Å²) in [6, 6.07) is 7.73. The summed E-state index contributed by atoms with van der Waals surface area (Å²) in [4.78, 5) is 14.6. The molecule has 0 atom stereocenters. The molecule has 4 nitrogen and oxygen atoms in total. The molecule has 0 saturated carbocycles. The maximum Gasteiger partial charge on any atom is 0.326 e. The van der Waals surface area contributed by atoms with Gasteiger partial charge in [-0.15, -0.1) is 0 Å². The van der Waals surface area contributed by atoms with Gasteiger partial charge in [-0.2, -0.15) is 0 Å². The third-order valence-electron chi connectivity index (χ3n) is 2.66. The molecule has 0 amide bonds. The molecule has 92 valence electrons. The van der Waals surface area contributed by atoms with Crippen LogP contribution < -0.4 is 5.69 Å². The van der Waals surface area contributed by atoms with Crippen LogP contribution in [0.4, 0.5) is 0 Å². The van der Waals surface area contributed by atoms with Crippen molar-refractivity contribution < 1.29 is 4.74 Å². The van der Waals surface area contributed by atoms with E-state index in [-0.39, 0.29) is 11.8 Å². The fourth-order valence-electron chi connectivity index (χ4n) is 1.87. The van der Waals surface area contributed by atoms with Gasteiger partial charge in [0, 0.05) is 13.2 Å². The van der Waals surface area contributed by atoms with Crippen molar-refractivity contribution in [3.63, 3.8) is 0 Å². The fourth-order valence-corrected chi connectivity index (χ4v) is 1.87. The molecule has 0 unspecified atom stereocenters. The van der Waals surface area contributed by atoms with Crippen LogP contribution in [0.15, 0.2) is 29.1 Å². The van der Waals surface area contributed by atoms with E-state index in [0.29, 0.717) is 13.2 Å². The maximum atomic E-state index is 11.7. The first kappa shape index (κ1) is 11.9. The van der Waals surface area contributed by atoms with E-state index in [1.165, 1.54) is 0 Å². The molecule has 17 heavy (non-hydrogen) atoms. The lowest BCUT2D eigenvalue weighted by Crippen LogP contribution is -2.18. The Morgan fingerprint density at radius 1 is 1.35 bits per heavy atom. The van der Waals surface area contributed by atoms with E-state index in [0.717, 1.165) is 17.5 Å². The summed E-state index contributed by atoms with van der Waals surface area (Å²) in [5, 5.41) is 0. The Balaban J connectivity index is 2.08. The summed E-state index contributed by atoms with van der Waals surface area (Å²) in [6.45, 7) is 5.40. The molecule has 1 aromatic carbocycles. The number of hydrogen-bond acceptors (Lipinski definition) is 2. The van der Waals surface area contributed by atoms with Gasteiger partial charge < -0.3 is 9.72 Å². The zero-order valence-corrected chi connectivity index (χ0v) is 10.3. The van der Waals surface area contributed by atoms with Gasteiger partial charge in [-0.1, -0.05) is 12.1 Å². The second-order valence-electron chi connectivity index (χ2n) is 4.37. The van der Waals surface area contributed by atoms with Gasteiger partial charge in [0.25, 0.3) is 0 Å². The van der Waals surface area contributed by atoms with E-state index in [9.17, 15) is 4.79 Å². The molecule has 0 radical (unpaired) electrons. The van der Waals surface area contributed by atoms with Crippen molar-refractivity contribution in [1.29, 1.82) is 0 Å². The number of hydrogen-bond donors (Lipinski definition) is 1. The molecular weight excluding hydrogens is 216 g/mol. The summed E-state index contributed by atoms with van der Waals surface area (Å²) in [6.07, 6.45) is 1.09. The van der Waals surface area contributed by atoms with Gasteiger partial charge in [0.2, 0.25) is 0 Å². The Morgan fingerprint density at radius 3 is 2.88 bits per heavy atom. The molecule has 0 fully saturated rings. The number of fused-ring (bicyclic) bond motifs is 1. The largest absolute Gasteiger partial charge is 0.379 e. The van der Waals surface area contributed by atoms with Gasteiger partial charge in [0.15, 0.2) is 0 Å². The zero-order valence-electron chi connectivity index (χ0n) is 10.3. The van der Waals surface area contributed by atoms with Crippen LogP contribution in [0, 0.1) is 0 Å². The third-order valence-corrected chi connectivity index (χ3v) is 2.66. The van der Waals surface area contributed by atoms with Gasteiger partial charge >= 0.3 is 5.69 Å². The summed E-state index contributed by atoms with van der Waals surface area (Å²) in [7, 11) is 0. The predicted molar refractivity (Wildman–Crippen MR) is 68.3 cm³/mol. The van der Waals surface area contributed by atoms with Crippen LogP contribution in [0.3, 0.4) is 0 Å². The van der Waals surface area contributed by atoms with Crippen molar-refractivity contribution in [3.8, 4) is 0 Å². The van der Waals surface area contributed by atoms with E-state index in [4.69, 9.17) is 4.74 Å². The molecule has 0 spiro atoms. The van der Waals surface area contributed by atoms with Crippen LogP contribution in [-0.2, 0) is 11.3 Å². The first-order chi connectivity index (χ1) is 8.18. The average molecular weight is 234 g/mol. The van der Waals surface area contributed by atoms with Crippen molar-refractivity contribution >= 4 is 11.0 Å². The molecule has 0 aliphatic heterocycles. The zero-order chi connectivity index (χ0) is 12.3. The Kier molecular flexibility index (Phi) is 3.64. The van der Waals surface area contributed by atoms with E-state index in [1.54, 1.807) is 4.57 Å². The Labute approximate surface area is 100 Å². The van der Waals surface area contributed by atoms with Gasteiger partial charge in [0.05, 0.1) is 17.1 Å². The summed E-state index contributed by atoms with van der Waals surface area (Å²) in [5.41, 5.74) is 1.81. The minimum atomic E-state index is -0.0456. The highest BCUT2D eigenvalue weighted by Gasteiger charge is 2.05. The van der Waals surface area contributed by atoms with Crippen LogP contribution in [0.25, 0.3) is 11.0 Å². The van der Waals surface area contributed by atoms with Crippen LogP contribution in [0.5, 0.6) is 0 Å². The second kappa shape index (κ2) is 5.19. The van der Waals surface area contributed by atoms with Gasteiger partial charge in [-0.05, 0) is 32.4 Å². The number of para-hydroxylation sites is 2. The molecule has 0 aliphatic carbocycles.